The van der Waals surface area contributed by atoms with Crippen LogP contribution in [-0.4, -0.2) is 132 Å². The van der Waals surface area contributed by atoms with Gasteiger partial charge in [0.05, 0.1) is 113 Å². The summed E-state index contributed by atoms with van der Waals surface area (Å²) in [5.41, 5.74) is 4.43. The van der Waals surface area contributed by atoms with Crippen molar-refractivity contribution >= 4 is 8.53 Å². The molecule has 0 aliphatic carbocycles. The molecule has 9 aromatic rings. The van der Waals surface area contributed by atoms with Gasteiger partial charge in [0.15, 0.2) is 0 Å². The Morgan fingerprint density at radius 1 is 0.311 bits per heavy atom. The van der Waals surface area contributed by atoms with Crippen LogP contribution >= 0.6 is 8.53 Å². The Hall–Kier alpha value is -8.66. The summed E-state index contributed by atoms with van der Waals surface area (Å²) in [5, 5.41) is 9.76. The molecule has 0 fully saturated rings. The lowest BCUT2D eigenvalue weighted by Crippen LogP contribution is -2.43. The molecule has 0 spiro atoms. The minimum Gasteiger partial charge on any atom is -0.497 e. The SMILES string of the molecule is COc1ccc(C(OCCCOCC(COCCCOC(c2ccccc2)(c2ccc(OC)cc2)c2ccc(OC)cc2)(COCCCOC(c2ccccc2)(c2ccc(OC)cc2)c2ccc(OC)cc2)COP(OCCC#N)N(C(C)C)C(C)C)(c2ccccc2)c2ccc(OC)cc2)cc1. The Morgan fingerprint density at radius 3 is 0.777 bits per heavy atom. The Morgan fingerprint density at radius 2 is 0.553 bits per heavy atom. The summed E-state index contributed by atoms with van der Waals surface area (Å²) < 4.78 is 92.5. The van der Waals surface area contributed by atoms with Crippen LogP contribution in [-0.2, 0) is 54.3 Å². The molecular formula is C86H101N2O14P. The molecular weight excluding hydrogens is 1320 g/mol. The Bertz CT molecular complexity index is 3380. The number of ether oxygens (including phenoxy) is 12. The maximum absolute atomic E-state index is 9.76. The monoisotopic (exact) mass is 1420 g/mol. The summed E-state index contributed by atoms with van der Waals surface area (Å²) in [6.07, 6.45) is 1.75. The summed E-state index contributed by atoms with van der Waals surface area (Å²) in [4.78, 5) is 0. The first kappa shape index (κ1) is 78.5. The van der Waals surface area contributed by atoms with Crippen LogP contribution in [0.5, 0.6) is 34.5 Å². The zero-order valence-electron chi connectivity index (χ0n) is 61.3. The van der Waals surface area contributed by atoms with Crippen LogP contribution in [0.1, 0.15) is 103 Å². The standard InChI is InChI=1S/C86H101N2O14P/c1-66(2)88(67(3)4)103(101-61-20-54-87)102-65-83(62-95-55-21-58-98-84(68-24-14-11-15-25-68,71-30-42-77(89-5)43-31-71)72-32-44-78(90-6)45-33-72,63-96-56-22-59-99-85(69-26-16-12-17-27-69,73-34-46-79(91-7)47-35-73)74-36-48-80(92-8)49-37-74)64-97-57-23-60-100-86(70-28-18-13-19-29-70,75-38-50-81(93-9)51-39-75)76-40-52-82(94-10)53-41-76/h11-19,24-53,66-67H,20-23,55-65H2,1-10H3. The second-order valence-corrected chi connectivity index (χ2v) is 27.1. The molecule has 16 nitrogen and oxygen atoms in total. The highest BCUT2D eigenvalue weighted by Gasteiger charge is 2.42. The van der Waals surface area contributed by atoms with Gasteiger partial charge in [0.25, 0.3) is 8.53 Å². The number of benzene rings is 9. The van der Waals surface area contributed by atoms with Crippen LogP contribution in [0.25, 0.3) is 0 Å². The van der Waals surface area contributed by atoms with E-state index in [0.717, 1.165) is 84.6 Å². The van der Waals surface area contributed by atoms with Crippen LogP contribution in [0.15, 0.2) is 237 Å². The fourth-order valence-corrected chi connectivity index (χ4v) is 14.7. The number of hydrogen-bond acceptors (Lipinski definition) is 16. The van der Waals surface area contributed by atoms with Gasteiger partial charge in [-0.3, -0.25) is 0 Å². The minimum atomic E-state index is -1.70. The third kappa shape index (κ3) is 20.0. The second kappa shape index (κ2) is 39.8. The molecule has 1 unspecified atom stereocenters. The lowest BCUT2D eigenvalue weighted by Gasteiger charge is -2.39. The van der Waals surface area contributed by atoms with Crippen molar-refractivity contribution in [1.82, 2.24) is 4.67 Å². The van der Waals surface area contributed by atoms with E-state index in [9.17, 15) is 5.26 Å². The number of methoxy groups -OCH3 is 6. The molecule has 544 valence electrons. The third-order valence-electron chi connectivity index (χ3n) is 18.1. The summed E-state index contributed by atoms with van der Waals surface area (Å²) in [6, 6.07) is 81.3. The lowest BCUT2D eigenvalue weighted by atomic mass is 9.80. The predicted molar refractivity (Wildman–Crippen MR) is 405 cm³/mol. The number of nitriles is 1. The van der Waals surface area contributed by atoms with Gasteiger partial charge in [-0.1, -0.05) is 164 Å². The maximum Gasteiger partial charge on any atom is 0.259 e. The molecule has 0 saturated heterocycles. The molecule has 1 atom stereocenters. The number of hydrogen-bond donors (Lipinski definition) is 0. The van der Waals surface area contributed by atoms with E-state index in [-0.39, 0.29) is 51.5 Å². The molecule has 0 heterocycles. The summed E-state index contributed by atoms with van der Waals surface area (Å²) in [6.45, 7) is 11.2. The molecule has 0 aliphatic rings. The normalized spacial score (nSPS) is 12.3. The van der Waals surface area contributed by atoms with Crippen LogP contribution in [0, 0.1) is 16.7 Å². The molecule has 0 amide bonds. The molecule has 17 heteroatoms. The molecule has 0 radical (unpaired) electrons. The summed E-state index contributed by atoms with van der Waals surface area (Å²) in [5.74, 6) is 4.40. The molecule has 9 aromatic carbocycles. The zero-order valence-corrected chi connectivity index (χ0v) is 62.2. The van der Waals surface area contributed by atoms with Crippen molar-refractivity contribution in [3.8, 4) is 40.6 Å². The van der Waals surface area contributed by atoms with E-state index in [0.29, 0.717) is 58.9 Å². The van der Waals surface area contributed by atoms with E-state index < -0.39 is 30.7 Å². The first-order valence-corrected chi connectivity index (χ1v) is 36.4. The van der Waals surface area contributed by atoms with Gasteiger partial charge in [-0.05, 0) is 170 Å². The second-order valence-electron chi connectivity index (χ2n) is 25.6. The molecule has 103 heavy (non-hydrogen) atoms. The van der Waals surface area contributed by atoms with Crippen molar-refractivity contribution < 1.29 is 65.9 Å². The first-order chi connectivity index (χ1) is 50.3. The summed E-state index contributed by atoms with van der Waals surface area (Å²) >= 11 is 0. The van der Waals surface area contributed by atoms with Gasteiger partial charge in [-0.15, -0.1) is 0 Å². The van der Waals surface area contributed by atoms with E-state index in [1.165, 1.54) is 0 Å². The maximum atomic E-state index is 9.76. The van der Waals surface area contributed by atoms with Gasteiger partial charge in [0.1, 0.15) is 51.3 Å². The van der Waals surface area contributed by atoms with Crippen molar-refractivity contribution in [2.45, 2.75) is 82.3 Å². The van der Waals surface area contributed by atoms with Gasteiger partial charge in [0, 0.05) is 31.9 Å². The highest BCUT2D eigenvalue weighted by molar-refractivity contribution is 7.44. The van der Waals surface area contributed by atoms with Crippen molar-refractivity contribution in [3.05, 3.63) is 287 Å². The smallest absolute Gasteiger partial charge is 0.259 e. The highest BCUT2D eigenvalue weighted by Crippen LogP contribution is 2.49. The minimum absolute atomic E-state index is 0.0443. The Kier molecular flexibility index (Phi) is 30.4. The van der Waals surface area contributed by atoms with E-state index in [1.54, 1.807) is 42.7 Å². The van der Waals surface area contributed by atoms with Crippen molar-refractivity contribution in [2.75, 3.05) is 115 Å². The molecule has 0 aliphatic heterocycles. The molecule has 0 N–H and O–H groups in total. The van der Waals surface area contributed by atoms with Gasteiger partial charge in [-0.25, -0.2) is 4.67 Å². The average Bonchev–Trinajstić information content (AvgIpc) is 0.769. The largest absolute Gasteiger partial charge is 0.497 e. The van der Waals surface area contributed by atoms with E-state index >= 15 is 0 Å². The third-order valence-corrected chi connectivity index (χ3v) is 20.2. The molecule has 0 saturated carbocycles. The van der Waals surface area contributed by atoms with Gasteiger partial charge < -0.3 is 65.9 Å². The van der Waals surface area contributed by atoms with Crippen LogP contribution in [0.3, 0.4) is 0 Å². The van der Waals surface area contributed by atoms with Crippen molar-refractivity contribution in [1.29, 1.82) is 5.26 Å². The van der Waals surface area contributed by atoms with Crippen molar-refractivity contribution in [3.63, 3.8) is 0 Å². The fourth-order valence-electron chi connectivity index (χ4n) is 13.0. The Balaban J connectivity index is 1.02. The van der Waals surface area contributed by atoms with E-state index in [2.05, 4.69) is 148 Å². The van der Waals surface area contributed by atoms with E-state index in [1.807, 2.05) is 127 Å². The van der Waals surface area contributed by atoms with Crippen LogP contribution in [0.2, 0.25) is 0 Å². The molecule has 9 rings (SSSR count). The average molecular weight is 1420 g/mol. The number of rotatable bonds is 45. The number of nitrogens with zero attached hydrogens (tertiary/aromatic N) is 2. The summed E-state index contributed by atoms with van der Waals surface area (Å²) in [7, 11) is 8.29. The molecule has 0 aromatic heterocycles. The predicted octanol–water partition coefficient (Wildman–Crippen LogP) is 17.6. The lowest BCUT2D eigenvalue weighted by molar-refractivity contribution is -0.0976. The fraction of sp³-hybridized carbons (Fsp3) is 0.360. The van der Waals surface area contributed by atoms with Gasteiger partial charge >= 0.3 is 0 Å². The van der Waals surface area contributed by atoms with Gasteiger partial charge in [0.2, 0.25) is 0 Å². The Labute approximate surface area is 611 Å². The molecule has 0 bridgehead atoms. The highest BCUT2D eigenvalue weighted by atomic mass is 31.2. The van der Waals surface area contributed by atoms with Crippen LogP contribution < -0.4 is 28.4 Å². The van der Waals surface area contributed by atoms with Gasteiger partial charge in [-0.2, -0.15) is 5.26 Å². The van der Waals surface area contributed by atoms with Crippen molar-refractivity contribution in [2.24, 2.45) is 5.41 Å². The quantitative estimate of drug-likeness (QED) is 0.0202. The van der Waals surface area contributed by atoms with Crippen LogP contribution in [0.4, 0.5) is 0 Å². The first-order valence-electron chi connectivity index (χ1n) is 35.3. The van der Waals surface area contributed by atoms with E-state index in [4.69, 9.17) is 65.9 Å². The topological polar surface area (TPSA) is 156 Å². The zero-order chi connectivity index (χ0) is 72.8.